The van der Waals surface area contributed by atoms with E-state index in [2.05, 4.69) is 5.10 Å². The molecular formula is C11H14N2O3. The van der Waals surface area contributed by atoms with E-state index in [1.807, 2.05) is 25.2 Å². The predicted molar refractivity (Wildman–Crippen MR) is 59.8 cm³/mol. The second-order valence-corrected chi connectivity index (χ2v) is 3.38. The van der Waals surface area contributed by atoms with Crippen molar-refractivity contribution >= 4 is 10.9 Å². The van der Waals surface area contributed by atoms with Gasteiger partial charge in [0.15, 0.2) is 0 Å². The second-order valence-electron chi connectivity index (χ2n) is 3.38. The number of rotatable bonds is 4. The molecule has 1 heterocycles. The van der Waals surface area contributed by atoms with E-state index in [9.17, 15) is 0 Å². The molecule has 0 spiro atoms. The number of hydrogen-bond acceptors (Lipinski definition) is 4. The maximum atomic E-state index is 8.68. The maximum absolute atomic E-state index is 8.68. The van der Waals surface area contributed by atoms with E-state index in [4.69, 9.17) is 14.6 Å². The summed E-state index contributed by atoms with van der Waals surface area (Å²) in [5.41, 5.74) is 0.980. The number of methoxy groups -OCH3 is 1. The fourth-order valence-electron chi connectivity index (χ4n) is 1.62. The van der Waals surface area contributed by atoms with Gasteiger partial charge in [0.25, 0.3) is 0 Å². The lowest BCUT2D eigenvalue weighted by Crippen LogP contribution is -2.01. The number of benzene rings is 1. The molecule has 0 radical (unpaired) electrons. The first-order chi connectivity index (χ1) is 7.76. The summed E-state index contributed by atoms with van der Waals surface area (Å²) in [7, 11) is 3.45. The van der Waals surface area contributed by atoms with Crippen LogP contribution in [0.5, 0.6) is 11.6 Å². The van der Waals surface area contributed by atoms with Crippen molar-refractivity contribution in [3.8, 4) is 11.6 Å². The van der Waals surface area contributed by atoms with Crippen molar-refractivity contribution in [2.24, 2.45) is 7.05 Å². The summed E-state index contributed by atoms with van der Waals surface area (Å²) in [4.78, 5) is 0. The van der Waals surface area contributed by atoms with Crippen LogP contribution in [0.1, 0.15) is 0 Å². The smallest absolute Gasteiger partial charge is 0.240 e. The third kappa shape index (κ3) is 1.81. The molecule has 1 N–H and O–H groups in total. The quantitative estimate of drug-likeness (QED) is 0.836. The zero-order valence-electron chi connectivity index (χ0n) is 9.30. The van der Waals surface area contributed by atoms with Crippen molar-refractivity contribution in [1.29, 1.82) is 0 Å². The number of hydrogen-bond donors (Lipinski definition) is 1. The first kappa shape index (κ1) is 10.8. The third-order valence-electron chi connectivity index (χ3n) is 2.34. The highest BCUT2D eigenvalue weighted by atomic mass is 16.5. The molecule has 0 bridgehead atoms. The summed E-state index contributed by atoms with van der Waals surface area (Å²) in [5, 5.41) is 13.8. The molecule has 0 saturated heterocycles. The Morgan fingerprint density at radius 1 is 1.44 bits per heavy atom. The first-order valence-electron chi connectivity index (χ1n) is 5.00. The van der Waals surface area contributed by atoms with Crippen LogP contribution in [-0.4, -0.2) is 35.2 Å². The molecule has 0 aliphatic carbocycles. The molecule has 0 unspecified atom stereocenters. The van der Waals surface area contributed by atoms with Crippen LogP contribution in [0.2, 0.25) is 0 Å². The topological polar surface area (TPSA) is 56.5 Å². The summed E-state index contributed by atoms with van der Waals surface area (Å²) in [6, 6.07) is 5.62. The van der Waals surface area contributed by atoms with Gasteiger partial charge in [-0.2, -0.15) is 0 Å². The van der Waals surface area contributed by atoms with E-state index >= 15 is 0 Å². The van der Waals surface area contributed by atoms with Crippen LogP contribution in [-0.2, 0) is 7.05 Å². The van der Waals surface area contributed by atoms with Gasteiger partial charge in [-0.15, -0.1) is 5.10 Å². The Hall–Kier alpha value is -1.75. The fourth-order valence-corrected chi connectivity index (χ4v) is 1.62. The van der Waals surface area contributed by atoms with Gasteiger partial charge in [0, 0.05) is 7.05 Å². The summed E-state index contributed by atoms with van der Waals surface area (Å²) in [5.74, 6) is 1.28. The summed E-state index contributed by atoms with van der Waals surface area (Å²) in [6.45, 7) is 0.288. The van der Waals surface area contributed by atoms with E-state index in [1.54, 1.807) is 11.8 Å². The van der Waals surface area contributed by atoms with Crippen molar-refractivity contribution in [2.45, 2.75) is 0 Å². The van der Waals surface area contributed by atoms with E-state index in [1.165, 1.54) is 0 Å². The second kappa shape index (κ2) is 4.40. The van der Waals surface area contributed by atoms with E-state index < -0.39 is 0 Å². The van der Waals surface area contributed by atoms with Gasteiger partial charge in [-0.3, -0.25) is 4.68 Å². The Balaban J connectivity index is 2.43. The van der Waals surface area contributed by atoms with Crippen LogP contribution >= 0.6 is 0 Å². The highest BCUT2D eigenvalue weighted by Gasteiger charge is 2.09. The van der Waals surface area contributed by atoms with Gasteiger partial charge in [0.1, 0.15) is 12.4 Å². The molecule has 0 fully saturated rings. The molecule has 16 heavy (non-hydrogen) atoms. The molecule has 0 aliphatic heterocycles. The highest BCUT2D eigenvalue weighted by Crippen LogP contribution is 2.27. The summed E-state index contributed by atoms with van der Waals surface area (Å²) < 4.78 is 12.3. The number of fused-ring (bicyclic) bond motifs is 1. The number of nitrogens with zero attached hydrogens (tertiary/aromatic N) is 2. The van der Waals surface area contributed by atoms with Gasteiger partial charge in [0.05, 0.1) is 24.6 Å². The van der Waals surface area contributed by atoms with Crippen LogP contribution < -0.4 is 9.47 Å². The van der Waals surface area contributed by atoms with Crippen molar-refractivity contribution in [3.05, 3.63) is 18.2 Å². The molecule has 86 valence electrons. The van der Waals surface area contributed by atoms with Crippen molar-refractivity contribution < 1.29 is 14.6 Å². The Morgan fingerprint density at radius 2 is 2.25 bits per heavy atom. The number of aliphatic hydroxyl groups excluding tert-OH is 1. The Bertz CT molecular complexity index is 493. The molecule has 5 nitrogen and oxygen atoms in total. The molecule has 1 aromatic carbocycles. The SMILES string of the molecule is COc1nn(C)c2ccc(OCCO)cc12. The molecule has 5 heteroatoms. The van der Waals surface area contributed by atoms with Crippen molar-refractivity contribution in [3.63, 3.8) is 0 Å². The largest absolute Gasteiger partial charge is 0.491 e. The minimum absolute atomic E-state index is 0.00219. The highest BCUT2D eigenvalue weighted by molar-refractivity contribution is 5.85. The van der Waals surface area contributed by atoms with E-state index in [0.29, 0.717) is 11.6 Å². The van der Waals surface area contributed by atoms with Gasteiger partial charge in [0.2, 0.25) is 5.88 Å². The molecule has 1 aromatic heterocycles. The zero-order chi connectivity index (χ0) is 11.5. The van der Waals surface area contributed by atoms with Crippen LogP contribution in [0, 0.1) is 0 Å². The van der Waals surface area contributed by atoms with Crippen molar-refractivity contribution in [1.82, 2.24) is 9.78 Å². The molecule has 0 atom stereocenters. The molecule has 0 aliphatic rings. The predicted octanol–water partition coefficient (Wildman–Crippen LogP) is 0.953. The average molecular weight is 222 g/mol. The summed E-state index contributed by atoms with van der Waals surface area (Å²) in [6.07, 6.45) is 0. The minimum Gasteiger partial charge on any atom is -0.491 e. The maximum Gasteiger partial charge on any atom is 0.240 e. The van der Waals surface area contributed by atoms with Crippen LogP contribution in [0.4, 0.5) is 0 Å². The molecule has 0 saturated carbocycles. The molecule has 0 amide bonds. The molecule has 2 rings (SSSR count). The third-order valence-corrected chi connectivity index (χ3v) is 2.34. The van der Waals surface area contributed by atoms with Gasteiger partial charge >= 0.3 is 0 Å². The normalized spacial score (nSPS) is 10.7. The minimum atomic E-state index is 0.00219. The van der Waals surface area contributed by atoms with Crippen LogP contribution in [0.3, 0.4) is 0 Å². The van der Waals surface area contributed by atoms with Gasteiger partial charge in [-0.05, 0) is 18.2 Å². The lowest BCUT2D eigenvalue weighted by Gasteiger charge is -2.04. The average Bonchev–Trinajstić information content (AvgIpc) is 2.63. The van der Waals surface area contributed by atoms with E-state index in [0.717, 1.165) is 10.9 Å². The Kier molecular flexibility index (Phi) is 2.96. The first-order valence-corrected chi connectivity index (χ1v) is 5.00. The standard InChI is InChI=1S/C11H14N2O3/c1-13-10-4-3-8(16-6-5-14)7-9(10)11(12-13)15-2/h3-4,7,14H,5-6H2,1-2H3. The fraction of sp³-hybridized carbons (Fsp3) is 0.364. The number of aliphatic hydroxyl groups is 1. The number of ether oxygens (including phenoxy) is 2. The van der Waals surface area contributed by atoms with E-state index in [-0.39, 0.29) is 13.2 Å². The Labute approximate surface area is 93.2 Å². The van der Waals surface area contributed by atoms with Crippen LogP contribution in [0.25, 0.3) is 10.9 Å². The van der Waals surface area contributed by atoms with Gasteiger partial charge in [-0.1, -0.05) is 0 Å². The van der Waals surface area contributed by atoms with Gasteiger partial charge < -0.3 is 14.6 Å². The van der Waals surface area contributed by atoms with Gasteiger partial charge in [-0.25, -0.2) is 0 Å². The summed E-state index contributed by atoms with van der Waals surface area (Å²) >= 11 is 0. The number of aryl methyl sites for hydroxylation is 1. The lowest BCUT2D eigenvalue weighted by molar-refractivity contribution is 0.201. The monoisotopic (exact) mass is 222 g/mol. The molecular weight excluding hydrogens is 208 g/mol. The lowest BCUT2D eigenvalue weighted by atomic mass is 10.2. The van der Waals surface area contributed by atoms with Crippen molar-refractivity contribution in [2.75, 3.05) is 20.3 Å². The zero-order valence-corrected chi connectivity index (χ0v) is 9.30. The number of aromatic nitrogens is 2. The Morgan fingerprint density at radius 3 is 2.94 bits per heavy atom. The van der Waals surface area contributed by atoms with Crippen LogP contribution in [0.15, 0.2) is 18.2 Å². The molecule has 2 aromatic rings.